The Morgan fingerprint density at radius 1 is 1.27 bits per heavy atom. The van der Waals surface area contributed by atoms with Gasteiger partial charge in [-0.1, -0.05) is 29.8 Å². The molecule has 2 rings (SSSR count). The van der Waals surface area contributed by atoms with E-state index in [1.807, 2.05) is 25.1 Å². The van der Waals surface area contributed by atoms with E-state index in [0.717, 1.165) is 5.56 Å². The number of halogens is 1. The molecule has 6 heteroatoms. The summed E-state index contributed by atoms with van der Waals surface area (Å²) in [5, 5.41) is 3.30. The number of hydrogen-bond acceptors (Lipinski definition) is 4. The molecule has 0 radical (unpaired) electrons. The van der Waals surface area contributed by atoms with Crippen molar-refractivity contribution in [3.63, 3.8) is 0 Å². The van der Waals surface area contributed by atoms with E-state index < -0.39 is 11.9 Å². The molecule has 22 heavy (non-hydrogen) atoms. The molecule has 0 fully saturated rings. The van der Waals surface area contributed by atoms with Gasteiger partial charge < -0.3 is 10.1 Å². The maximum Gasteiger partial charge on any atom is 0.340 e. The Morgan fingerprint density at radius 3 is 2.73 bits per heavy atom. The molecule has 1 amide bonds. The van der Waals surface area contributed by atoms with Crippen LogP contribution in [0.2, 0.25) is 5.02 Å². The first-order valence-corrected chi connectivity index (χ1v) is 7.06. The zero-order valence-corrected chi connectivity index (χ0v) is 12.7. The highest BCUT2D eigenvalue weighted by Gasteiger charge is 2.14. The van der Waals surface area contributed by atoms with Crippen molar-refractivity contribution in [1.82, 2.24) is 10.3 Å². The highest BCUT2D eigenvalue weighted by molar-refractivity contribution is 6.31. The van der Waals surface area contributed by atoms with Crippen molar-refractivity contribution in [2.45, 2.75) is 13.0 Å². The molecule has 114 valence electrons. The molecule has 0 unspecified atom stereocenters. The molecule has 0 spiro atoms. The van der Waals surface area contributed by atoms with Crippen LogP contribution in [0.5, 0.6) is 0 Å². The molecule has 0 aliphatic carbocycles. The molecule has 1 atom stereocenters. The lowest BCUT2D eigenvalue weighted by Crippen LogP contribution is -2.31. The SMILES string of the molecule is C[C@@H](NC(=O)COC(=O)c1cccnc1)c1ccccc1Cl. The third-order valence-electron chi connectivity index (χ3n) is 2.98. The molecule has 0 saturated carbocycles. The number of carbonyl (C=O) groups excluding carboxylic acids is 2. The first-order valence-electron chi connectivity index (χ1n) is 6.69. The number of nitrogens with zero attached hydrogens (tertiary/aromatic N) is 1. The van der Waals surface area contributed by atoms with E-state index in [2.05, 4.69) is 10.3 Å². The number of carbonyl (C=O) groups is 2. The predicted octanol–water partition coefficient (Wildman–Crippen LogP) is 2.77. The maximum atomic E-state index is 11.8. The van der Waals surface area contributed by atoms with Crippen molar-refractivity contribution in [2.75, 3.05) is 6.61 Å². The molecule has 0 aliphatic heterocycles. The number of rotatable bonds is 5. The van der Waals surface area contributed by atoms with Gasteiger partial charge >= 0.3 is 5.97 Å². The quantitative estimate of drug-likeness (QED) is 0.861. The van der Waals surface area contributed by atoms with Gasteiger partial charge in [-0.25, -0.2) is 4.79 Å². The molecule has 0 aliphatic rings. The summed E-state index contributed by atoms with van der Waals surface area (Å²) in [5.41, 5.74) is 1.10. The summed E-state index contributed by atoms with van der Waals surface area (Å²) >= 11 is 6.07. The van der Waals surface area contributed by atoms with E-state index in [1.54, 1.807) is 24.4 Å². The molecular formula is C16H15ClN2O3. The number of ether oxygens (including phenoxy) is 1. The average molecular weight is 319 g/mol. The van der Waals surface area contributed by atoms with Gasteiger partial charge in [0.05, 0.1) is 11.6 Å². The molecule has 1 heterocycles. The first kappa shape index (κ1) is 16.0. The number of nitrogens with one attached hydrogen (secondary N) is 1. The lowest BCUT2D eigenvalue weighted by Gasteiger charge is -2.15. The predicted molar refractivity (Wildman–Crippen MR) is 82.5 cm³/mol. The number of esters is 1. The van der Waals surface area contributed by atoms with E-state index in [-0.39, 0.29) is 12.6 Å². The molecule has 2 aromatic rings. The van der Waals surface area contributed by atoms with Gasteiger partial charge in [0, 0.05) is 17.4 Å². The van der Waals surface area contributed by atoms with Crippen molar-refractivity contribution >= 4 is 23.5 Å². The minimum Gasteiger partial charge on any atom is -0.452 e. The van der Waals surface area contributed by atoms with Crippen LogP contribution in [0.1, 0.15) is 28.9 Å². The number of amides is 1. The molecular weight excluding hydrogens is 304 g/mol. The van der Waals surface area contributed by atoms with Crippen molar-refractivity contribution < 1.29 is 14.3 Å². The minimum atomic E-state index is -0.589. The minimum absolute atomic E-state index is 0.279. The van der Waals surface area contributed by atoms with Gasteiger partial charge in [-0.3, -0.25) is 9.78 Å². The van der Waals surface area contributed by atoms with Crippen LogP contribution in [0, 0.1) is 0 Å². The maximum absolute atomic E-state index is 11.8. The molecule has 0 saturated heterocycles. The molecule has 5 nitrogen and oxygen atoms in total. The lowest BCUT2D eigenvalue weighted by molar-refractivity contribution is -0.124. The van der Waals surface area contributed by atoms with E-state index in [1.165, 1.54) is 6.20 Å². The summed E-state index contributed by atoms with van der Waals surface area (Å²) < 4.78 is 4.93. The van der Waals surface area contributed by atoms with Crippen LogP contribution >= 0.6 is 11.6 Å². The topological polar surface area (TPSA) is 68.3 Å². The van der Waals surface area contributed by atoms with Crippen LogP contribution < -0.4 is 5.32 Å². The summed E-state index contributed by atoms with van der Waals surface area (Å²) in [5.74, 6) is -0.988. The van der Waals surface area contributed by atoms with E-state index in [4.69, 9.17) is 16.3 Å². The fraction of sp³-hybridized carbons (Fsp3) is 0.188. The number of pyridine rings is 1. The zero-order valence-electron chi connectivity index (χ0n) is 12.0. The summed E-state index contributed by atoms with van der Waals surface area (Å²) in [7, 11) is 0. The van der Waals surface area contributed by atoms with Crippen molar-refractivity contribution in [3.05, 3.63) is 64.9 Å². The van der Waals surface area contributed by atoms with Crippen LogP contribution in [0.3, 0.4) is 0 Å². The van der Waals surface area contributed by atoms with Gasteiger partial charge in [0.2, 0.25) is 0 Å². The zero-order chi connectivity index (χ0) is 15.9. The monoisotopic (exact) mass is 318 g/mol. The van der Waals surface area contributed by atoms with Crippen molar-refractivity contribution in [2.24, 2.45) is 0 Å². The van der Waals surface area contributed by atoms with Gasteiger partial charge in [0.1, 0.15) is 0 Å². The summed E-state index contributed by atoms with van der Waals surface area (Å²) in [6.07, 6.45) is 2.93. The Balaban J connectivity index is 1.86. The fourth-order valence-electron chi connectivity index (χ4n) is 1.89. The van der Waals surface area contributed by atoms with Crippen LogP contribution in [0.15, 0.2) is 48.8 Å². The first-order chi connectivity index (χ1) is 10.6. The van der Waals surface area contributed by atoms with Gasteiger partial charge in [0.15, 0.2) is 6.61 Å². The van der Waals surface area contributed by atoms with Gasteiger partial charge in [0.25, 0.3) is 5.91 Å². The van der Waals surface area contributed by atoms with E-state index >= 15 is 0 Å². The third-order valence-corrected chi connectivity index (χ3v) is 3.33. The normalized spacial score (nSPS) is 11.5. The Morgan fingerprint density at radius 2 is 2.05 bits per heavy atom. The van der Waals surface area contributed by atoms with Gasteiger partial charge in [-0.05, 0) is 30.7 Å². The number of benzene rings is 1. The lowest BCUT2D eigenvalue weighted by atomic mass is 10.1. The van der Waals surface area contributed by atoms with E-state index in [0.29, 0.717) is 10.6 Å². The van der Waals surface area contributed by atoms with Crippen LogP contribution in [-0.4, -0.2) is 23.5 Å². The van der Waals surface area contributed by atoms with Crippen molar-refractivity contribution in [1.29, 1.82) is 0 Å². The largest absolute Gasteiger partial charge is 0.452 e. The summed E-state index contributed by atoms with van der Waals surface area (Å²) in [6.45, 7) is 1.45. The van der Waals surface area contributed by atoms with Crippen LogP contribution in [0.4, 0.5) is 0 Å². The van der Waals surface area contributed by atoms with Crippen LogP contribution in [0.25, 0.3) is 0 Å². The summed E-state index contributed by atoms with van der Waals surface area (Å²) in [4.78, 5) is 27.3. The van der Waals surface area contributed by atoms with Gasteiger partial charge in [-0.2, -0.15) is 0 Å². The summed E-state index contributed by atoms with van der Waals surface area (Å²) in [6, 6.07) is 10.1. The standard InChI is InChI=1S/C16H15ClN2O3/c1-11(13-6-2-3-7-14(13)17)19-15(20)10-22-16(21)12-5-4-8-18-9-12/h2-9,11H,10H2,1H3,(H,19,20)/t11-/m1/s1. The Hall–Kier alpha value is -2.40. The third kappa shape index (κ3) is 4.30. The Bertz CT molecular complexity index is 661. The fourth-order valence-corrected chi connectivity index (χ4v) is 2.18. The number of aromatic nitrogens is 1. The Labute approximate surface area is 133 Å². The average Bonchev–Trinajstić information content (AvgIpc) is 2.53. The smallest absolute Gasteiger partial charge is 0.340 e. The second kappa shape index (κ2) is 7.56. The molecule has 1 aromatic carbocycles. The second-order valence-corrected chi connectivity index (χ2v) is 5.04. The number of hydrogen-bond donors (Lipinski definition) is 1. The van der Waals surface area contributed by atoms with Crippen molar-refractivity contribution in [3.8, 4) is 0 Å². The second-order valence-electron chi connectivity index (χ2n) is 4.63. The molecule has 1 aromatic heterocycles. The van der Waals surface area contributed by atoms with Crippen LogP contribution in [-0.2, 0) is 9.53 Å². The molecule has 0 bridgehead atoms. The highest BCUT2D eigenvalue weighted by Crippen LogP contribution is 2.21. The van der Waals surface area contributed by atoms with Gasteiger partial charge in [-0.15, -0.1) is 0 Å². The highest BCUT2D eigenvalue weighted by atomic mass is 35.5. The van der Waals surface area contributed by atoms with E-state index in [9.17, 15) is 9.59 Å². The molecule has 1 N–H and O–H groups in total. The Kier molecular flexibility index (Phi) is 5.49.